The first kappa shape index (κ1) is 28.1. The van der Waals surface area contributed by atoms with E-state index in [1.165, 1.54) is 44.2 Å². The highest BCUT2D eigenvalue weighted by Gasteiger charge is 2.44. The largest absolute Gasteiger partial charge is 0.490 e. The lowest BCUT2D eigenvalue weighted by molar-refractivity contribution is -0.139. The van der Waals surface area contributed by atoms with Crippen LogP contribution in [0.25, 0.3) is 0 Å². The van der Waals surface area contributed by atoms with Crippen molar-refractivity contribution in [3.63, 3.8) is 0 Å². The minimum atomic E-state index is -4.19. The number of piperidine rings is 1. The maximum Gasteiger partial charge on any atom is 0.264 e. The molecule has 2 saturated heterocycles. The number of ether oxygens (including phenoxy) is 2. The molecule has 3 atom stereocenters. The smallest absolute Gasteiger partial charge is 0.264 e. The summed E-state index contributed by atoms with van der Waals surface area (Å²) in [5.74, 6) is -1.54. The molecule has 2 N–H and O–H groups in total. The number of carbonyl (C=O) groups excluding carboxylic acids is 2. The average molecular weight is 569 g/mol. The van der Waals surface area contributed by atoms with E-state index in [0.29, 0.717) is 18.6 Å². The summed E-state index contributed by atoms with van der Waals surface area (Å²) in [5.41, 5.74) is -1.72. The van der Waals surface area contributed by atoms with Crippen LogP contribution in [0.3, 0.4) is 0 Å². The predicted molar refractivity (Wildman–Crippen MR) is 138 cm³/mol. The van der Waals surface area contributed by atoms with Gasteiger partial charge in [-0.25, -0.2) is 12.8 Å². The summed E-state index contributed by atoms with van der Waals surface area (Å²) in [7, 11) is -4.19. The van der Waals surface area contributed by atoms with E-state index >= 15 is 0 Å². The number of hydrogen-bond donors (Lipinski definition) is 2. The van der Waals surface area contributed by atoms with E-state index < -0.39 is 27.3 Å². The SMILES string of the molecule is CC(C)(O)C(=O)NS(=O)(=O)Cc1cc(Cl)ccc1OCC(=O)N1[C@@H]2CC[C@H]1CC(Oc1ccc(F)cc1)C2. The fourth-order valence-electron chi connectivity index (χ4n) is 4.86. The number of amides is 2. The van der Waals surface area contributed by atoms with E-state index in [1.54, 1.807) is 12.1 Å². The van der Waals surface area contributed by atoms with Gasteiger partial charge in [-0.1, -0.05) is 11.6 Å². The Bertz CT molecular complexity index is 1280. The van der Waals surface area contributed by atoms with Gasteiger partial charge in [0.15, 0.2) is 6.61 Å². The average Bonchev–Trinajstić information content (AvgIpc) is 3.09. The van der Waals surface area contributed by atoms with Gasteiger partial charge in [-0.3, -0.25) is 14.3 Å². The van der Waals surface area contributed by atoms with Gasteiger partial charge in [-0.15, -0.1) is 0 Å². The molecule has 0 spiro atoms. The van der Waals surface area contributed by atoms with Gasteiger partial charge >= 0.3 is 0 Å². The molecule has 2 heterocycles. The first-order valence-corrected chi connectivity index (χ1v) is 14.3. The Labute approximate surface area is 225 Å². The number of sulfonamides is 1. The summed E-state index contributed by atoms with van der Waals surface area (Å²) in [5, 5.41) is 10.00. The van der Waals surface area contributed by atoms with Crippen LogP contribution in [-0.2, 0) is 25.4 Å². The van der Waals surface area contributed by atoms with Crippen LogP contribution in [0.2, 0.25) is 5.02 Å². The number of halogens is 2. The third-order valence-corrected chi connectivity index (χ3v) is 8.04. The van der Waals surface area contributed by atoms with Crippen LogP contribution in [0.1, 0.15) is 45.1 Å². The van der Waals surface area contributed by atoms with E-state index in [9.17, 15) is 27.5 Å². The van der Waals surface area contributed by atoms with E-state index in [-0.39, 0.29) is 52.9 Å². The molecule has 2 amide bonds. The molecular formula is C26H30ClFN2O7S. The van der Waals surface area contributed by atoms with Crippen molar-refractivity contribution in [1.82, 2.24) is 9.62 Å². The quantitative estimate of drug-likeness (QED) is 0.476. The topological polar surface area (TPSA) is 122 Å². The summed E-state index contributed by atoms with van der Waals surface area (Å²) in [6.07, 6.45) is 2.88. The second-order valence-electron chi connectivity index (χ2n) is 10.1. The molecule has 38 heavy (non-hydrogen) atoms. The Morgan fingerprint density at radius 2 is 1.76 bits per heavy atom. The highest BCUT2D eigenvalue weighted by Crippen LogP contribution is 2.37. The molecule has 0 aromatic heterocycles. The van der Waals surface area contributed by atoms with Crippen molar-refractivity contribution in [2.75, 3.05) is 6.61 Å². The Hall–Kier alpha value is -2.89. The molecule has 2 fully saturated rings. The first-order chi connectivity index (χ1) is 17.8. The van der Waals surface area contributed by atoms with Crippen LogP contribution in [0.4, 0.5) is 4.39 Å². The second kappa shape index (κ2) is 11.1. The van der Waals surface area contributed by atoms with Crippen LogP contribution in [0.15, 0.2) is 42.5 Å². The Morgan fingerprint density at radius 1 is 1.13 bits per heavy atom. The molecule has 12 heteroatoms. The number of nitrogens with one attached hydrogen (secondary N) is 1. The van der Waals surface area contributed by atoms with Crippen molar-refractivity contribution < 1.29 is 37.0 Å². The van der Waals surface area contributed by atoms with Crippen molar-refractivity contribution in [3.8, 4) is 11.5 Å². The van der Waals surface area contributed by atoms with E-state index in [0.717, 1.165) is 12.8 Å². The fraction of sp³-hybridized carbons (Fsp3) is 0.462. The van der Waals surface area contributed by atoms with Crippen LogP contribution in [-0.4, -0.2) is 60.6 Å². The highest BCUT2D eigenvalue weighted by atomic mass is 35.5. The maximum absolute atomic E-state index is 13.2. The monoisotopic (exact) mass is 568 g/mol. The van der Waals surface area contributed by atoms with E-state index in [1.807, 2.05) is 9.62 Å². The van der Waals surface area contributed by atoms with Crippen LogP contribution >= 0.6 is 11.6 Å². The zero-order chi connectivity index (χ0) is 27.7. The summed E-state index contributed by atoms with van der Waals surface area (Å²) in [4.78, 5) is 26.9. The number of nitrogens with zero attached hydrogens (tertiary/aromatic N) is 1. The Balaban J connectivity index is 1.38. The van der Waals surface area contributed by atoms with Gasteiger partial charge in [0.05, 0.1) is 5.75 Å². The number of aliphatic hydroxyl groups is 1. The van der Waals surface area contributed by atoms with Gasteiger partial charge in [0, 0.05) is 35.5 Å². The van der Waals surface area contributed by atoms with Gasteiger partial charge in [0.25, 0.3) is 11.8 Å². The minimum Gasteiger partial charge on any atom is -0.490 e. The number of fused-ring (bicyclic) bond motifs is 2. The Morgan fingerprint density at radius 3 is 2.37 bits per heavy atom. The number of benzene rings is 2. The number of carbonyl (C=O) groups is 2. The minimum absolute atomic E-state index is 0.0163. The molecule has 206 valence electrons. The van der Waals surface area contributed by atoms with Crippen LogP contribution in [0, 0.1) is 5.82 Å². The normalized spacial score (nSPS) is 21.2. The number of hydrogen-bond acceptors (Lipinski definition) is 7. The zero-order valence-electron chi connectivity index (χ0n) is 21.0. The standard InChI is InChI=1S/C26H30ClFN2O7S/c1-26(2,33)25(32)29-38(34,35)15-16-11-17(27)3-10-23(16)36-14-24(31)30-19-6-7-20(30)13-22(12-19)37-21-8-4-18(28)5-9-21/h3-5,8-11,19-20,22,33H,6-7,12-15H2,1-2H3,(H,29,32)/t19-,20+,22?. The van der Waals surface area contributed by atoms with E-state index in [2.05, 4.69) is 0 Å². The van der Waals surface area contributed by atoms with E-state index in [4.69, 9.17) is 21.1 Å². The van der Waals surface area contributed by atoms with Crippen molar-refractivity contribution in [2.24, 2.45) is 0 Å². The maximum atomic E-state index is 13.2. The third kappa shape index (κ3) is 6.95. The molecule has 2 aliphatic rings. The molecule has 2 aromatic carbocycles. The molecule has 9 nitrogen and oxygen atoms in total. The van der Waals surface area contributed by atoms with Gasteiger partial charge in [-0.05, 0) is 69.2 Å². The Kier molecular flexibility index (Phi) is 8.20. The molecule has 2 bridgehead atoms. The van der Waals surface area contributed by atoms with Crippen LogP contribution in [0.5, 0.6) is 11.5 Å². The molecule has 0 saturated carbocycles. The van der Waals surface area contributed by atoms with Gasteiger partial charge in [0.2, 0.25) is 10.0 Å². The van der Waals surface area contributed by atoms with Crippen LogP contribution < -0.4 is 14.2 Å². The second-order valence-corrected chi connectivity index (χ2v) is 12.3. The molecule has 2 aliphatic heterocycles. The summed E-state index contributed by atoms with van der Waals surface area (Å²) >= 11 is 6.05. The fourth-order valence-corrected chi connectivity index (χ4v) is 6.29. The summed E-state index contributed by atoms with van der Waals surface area (Å²) < 4.78 is 51.8. The first-order valence-electron chi connectivity index (χ1n) is 12.2. The van der Waals surface area contributed by atoms with Gasteiger partial charge < -0.3 is 19.5 Å². The predicted octanol–water partition coefficient (Wildman–Crippen LogP) is 3.18. The molecule has 0 aliphatic carbocycles. The molecule has 0 radical (unpaired) electrons. The van der Waals surface area contributed by atoms with Gasteiger partial charge in [0.1, 0.15) is 29.0 Å². The summed E-state index contributed by atoms with van der Waals surface area (Å²) in [6.45, 7) is 2.03. The number of rotatable bonds is 9. The van der Waals surface area contributed by atoms with Crippen molar-refractivity contribution >= 4 is 33.4 Å². The molecular weight excluding hydrogens is 539 g/mol. The summed E-state index contributed by atoms with van der Waals surface area (Å²) in [6, 6.07) is 10.2. The highest BCUT2D eigenvalue weighted by molar-refractivity contribution is 7.89. The lowest BCUT2D eigenvalue weighted by Gasteiger charge is -2.38. The molecule has 1 unspecified atom stereocenters. The third-order valence-electron chi connectivity index (χ3n) is 6.62. The molecule has 4 rings (SSSR count). The molecule has 2 aromatic rings. The van der Waals surface area contributed by atoms with Crippen molar-refractivity contribution in [1.29, 1.82) is 0 Å². The van der Waals surface area contributed by atoms with Crippen molar-refractivity contribution in [3.05, 3.63) is 58.9 Å². The van der Waals surface area contributed by atoms with Gasteiger partial charge in [-0.2, -0.15) is 0 Å². The van der Waals surface area contributed by atoms with Crippen molar-refractivity contribution in [2.45, 2.75) is 69.1 Å². The lowest BCUT2D eigenvalue weighted by atomic mass is 9.99. The lowest BCUT2D eigenvalue weighted by Crippen LogP contribution is -2.50. The zero-order valence-corrected chi connectivity index (χ0v) is 22.6.